The first-order valence-corrected chi connectivity index (χ1v) is 11.4. The first-order valence-electron chi connectivity index (χ1n) is 9.81. The van der Waals surface area contributed by atoms with E-state index in [1.165, 1.54) is 22.6 Å². The van der Waals surface area contributed by atoms with E-state index in [2.05, 4.69) is 15.6 Å². The number of carbonyl (C=O) groups is 1. The third kappa shape index (κ3) is 7.35. The van der Waals surface area contributed by atoms with Crippen LogP contribution in [-0.2, 0) is 27.8 Å². The Morgan fingerprint density at radius 1 is 1.16 bits per heavy atom. The molecule has 2 aromatic rings. The van der Waals surface area contributed by atoms with E-state index in [0.717, 1.165) is 17.7 Å². The number of nitrogens with one attached hydrogen (secondary N) is 2. The average molecular weight is 573 g/mol. The summed E-state index contributed by atoms with van der Waals surface area (Å²) in [5, 5.41) is 11.4. The van der Waals surface area contributed by atoms with Crippen molar-refractivity contribution in [1.82, 2.24) is 15.5 Å². The quantitative estimate of drug-likeness (QED) is 0.259. The Bertz CT molecular complexity index is 1030. The molecule has 1 atom stereocenters. The van der Waals surface area contributed by atoms with Crippen molar-refractivity contribution < 1.29 is 17.9 Å². The molecule has 2 aromatic carbocycles. The monoisotopic (exact) mass is 573 g/mol. The molecule has 32 heavy (non-hydrogen) atoms. The lowest BCUT2D eigenvalue weighted by Crippen LogP contribution is -2.45. The normalized spacial score (nSPS) is 15.2. The van der Waals surface area contributed by atoms with Crippen molar-refractivity contribution in [2.24, 2.45) is 10.1 Å². The summed E-state index contributed by atoms with van der Waals surface area (Å²) in [7, 11) is -0.364. The number of para-hydroxylation sites is 1. The van der Waals surface area contributed by atoms with Crippen molar-refractivity contribution in [2.75, 3.05) is 27.2 Å². The van der Waals surface area contributed by atoms with Crippen molar-refractivity contribution in [2.45, 2.75) is 24.0 Å². The van der Waals surface area contributed by atoms with Gasteiger partial charge in [0.2, 0.25) is 15.9 Å². The number of carbonyl (C=O) groups excluding carboxylic acids is 1. The Labute approximate surface area is 205 Å². The van der Waals surface area contributed by atoms with Crippen molar-refractivity contribution in [3.63, 3.8) is 0 Å². The molecule has 11 heteroatoms. The summed E-state index contributed by atoms with van der Waals surface area (Å²) >= 11 is 0. The first kappa shape index (κ1) is 25.9. The second kappa shape index (κ2) is 11.5. The van der Waals surface area contributed by atoms with Gasteiger partial charge in [0.15, 0.2) is 5.96 Å². The maximum atomic E-state index is 11.9. The predicted octanol–water partition coefficient (Wildman–Crippen LogP) is 1.08. The summed E-state index contributed by atoms with van der Waals surface area (Å²) in [6, 6.07) is 14.1. The number of hydrogen-bond acceptors (Lipinski definition) is 5. The van der Waals surface area contributed by atoms with Crippen LogP contribution in [0.1, 0.15) is 11.1 Å². The van der Waals surface area contributed by atoms with Crippen LogP contribution < -0.4 is 20.5 Å². The third-order valence-corrected chi connectivity index (χ3v) is 5.72. The molecular weight excluding hydrogens is 545 g/mol. The molecule has 0 bridgehead atoms. The minimum atomic E-state index is -3.73. The topological polar surface area (TPSA) is 126 Å². The van der Waals surface area contributed by atoms with Crippen LogP contribution >= 0.6 is 24.0 Å². The summed E-state index contributed by atoms with van der Waals surface area (Å²) in [6.45, 7) is 0.901. The average Bonchev–Trinajstić information content (AvgIpc) is 3.15. The number of aliphatic imine (C=N–C) groups is 1. The fourth-order valence-corrected chi connectivity index (χ4v) is 3.54. The van der Waals surface area contributed by atoms with Crippen LogP contribution in [0.25, 0.3) is 0 Å². The zero-order valence-corrected chi connectivity index (χ0v) is 21.1. The van der Waals surface area contributed by atoms with E-state index in [4.69, 9.17) is 9.88 Å². The minimum absolute atomic E-state index is 0. The molecule has 0 saturated carbocycles. The fraction of sp³-hybridized carbons (Fsp3) is 0.333. The van der Waals surface area contributed by atoms with Gasteiger partial charge in [-0.15, -0.1) is 24.0 Å². The molecule has 1 aliphatic heterocycles. The van der Waals surface area contributed by atoms with E-state index in [1.54, 1.807) is 26.2 Å². The number of primary sulfonamides is 1. The standard InChI is InChI=1S/C21H27N5O4S.HI/c1-26(2)20(27)14-25-21(23-12-15-7-9-18(10-8-15)31(22,28)29)24-13-17-11-16-5-3-4-6-19(16)30-17;/h3-10,17H,11-14H2,1-2H3,(H2,22,28,29)(H2,23,24,25);1H. The van der Waals surface area contributed by atoms with Gasteiger partial charge in [-0.05, 0) is 29.3 Å². The van der Waals surface area contributed by atoms with Gasteiger partial charge in [-0.3, -0.25) is 4.79 Å². The van der Waals surface area contributed by atoms with Gasteiger partial charge in [0, 0.05) is 20.5 Å². The Balaban J connectivity index is 0.00000363. The first-order chi connectivity index (χ1) is 14.7. The molecule has 0 aromatic heterocycles. The van der Waals surface area contributed by atoms with Crippen LogP contribution in [0.3, 0.4) is 0 Å². The highest BCUT2D eigenvalue weighted by Crippen LogP contribution is 2.27. The summed E-state index contributed by atoms with van der Waals surface area (Å²) in [4.78, 5) is 18.0. The zero-order valence-electron chi connectivity index (χ0n) is 17.9. The highest BCUT2D eigenvalue weighted by molar-refractivity contribution is 14.0. The number of nitrogens with two attached hydrogens (primary N) is 1. The molecule has 0 fully saturated rings. The fourth-order valence-electron chi connectivity index (χ4n) is 3.02. The van der Waals surface area contributed by atoms with Gasteiger partial charge in [-0.1, -0.05) is 30.3 Å². The highest BCUT2D eigenvalue weighted by Gasteiger charge is 2.22. The van der Waals surface area contributed by atoms with Crippen LogP contribution in [0.15, 0.2) is 58.4 Å². The summed E-state index contributed by atoms with van der Waals surface area (Å²) in [6.07, 6.45) is 0.755. The maximum Gasteiger partial charge on any atom is 0.241 e. The molecule has 1 unspecified atom stereocenters. The van der Waals surface area contributed by atoms with Crippen LogP contribution in [-0.4, -0.2) is 58.5 Å². The number of amides is 1. The number of benzene rings is 2. The number of fused-ring (bicyclic) bond motifs is 1. The van der Waals surface area contributed by atoms with E-state index in [-0.39, 0.29) is 47.4 Å². The SMILES string of the molecule is CN(C)C(=O)CNC(=NCc1ccc(S(N)(=O)=O)cc1)NCC1Cc2ccccc2O1.I. The molecule has 1 heterocycles. The number of likely N-dealkylation sites (N-methyl/N-ethyl adjacent to an activating group) is 1. The molecule has 0 spiro atoms. The number of guanidine groups is 1. The smallest absolute Gasteiger partial charge is 0.241 e. The van der Waals surface area contributed by atoms with Gasteiger partial charge < -0.3 is 20.3 Å². The van der Waals surface area contributed by atoms with Crippen LogP contribution in [0.2, 0.25) is 0 Å². The van der Waals surface area contributed by atoms with Crippen molar-refractivity contribution in [3.05, 3.63) is 59.7 Å². The Morgan fingerprint density at radius 3 is 2.47 bits per heavy atom. The number of sulfonamides is 1. The van der Waals surface area contributed by atoms with Gasteiger partial charge in [-0.25, -0.2) is 18.5 Å². The summed E-state index contributed by atoms with van der Waals surface area (Å²) < 4.78 is 28.7. The van der Waals surface area contributed by atoms with Crippen molar-refractivity contribution >= 4 is 45.9 Å². The van der Waals surface area contributed by atoms with Crippen molar-refractivity contribution in [3.8, 4) is 5.75 Å². The van der Waals surface area contributed by atoms with Crippen LogP contribution in [0, 0.1) is 0 Å². The second-order valence-electron chi connectivity index (χ2n) is 7.43. The van der Waals surface area contributed by atoms with E-state index in [9.17, 15) is 13.2 Å². The van der Waals surface area contributed by atoms with Gasteiger partial charge in [0.1, 0.15) is 11.9 Å². The summed E-state index contributed by atoms with van der Waals surface area (Å²) in [5.74, 6) is 1.26. The zero-order chi connectivity index (χ0) is 22.4. The molecule has 4 N–H and O–H groups in total. The third-order valence-electron chi connectivity index (χ3n) is 4.79. The molecule has 0 aliphatic carbocycles. The molecule has 1 aliphatic rings. The van der Waals surface area contributed by atoms with E-state index in [0.29, 0.717) is 19.0 Å². The number of hydrogen-bond donors (Lipinski definition) is 3. The van der Waals surface area contributed by atoms with Gasteiger partial charge >= 0.3 is 0 Å². The van der Waals surface area contributed by atoms with E-state index in [1.807, 2.05) is 24.3 Å². The van der Waals surface area contributed by atoms with Gasteiger partial charge in [-0.2, -0.15) is 0 Å². The van der Waals surface area contributed by atoms with Crippen LogP contribution in [0.4, 0.5) is 0 Å². The predicted molar refractivity (Wildman–Crippen MR) is 134 cm³/mol. The molecule has 0 radical (unpaired) electrons. The molecule has 3 rings (SSSR count). The Kier molecular flexibility index (Phi) is 9.28. The molecule has 174 valence electrons. The molecule has 9 nitrogen and oxygen atoms in total. The highest BCUT2D eigenvalue weighted by atomic mass is 127. The Hall–Kier alpha value is -2.38. The summed E-state index contributed by atoms with van der Waals surface area (Å²) in [5.41, 5.74) is 1.97. The van der Waals surface area contributed by atoms with Crippen LogP contribution in [0.5, 0.6) is 5.75 Å². The van der Waals surface area contributed by atoms with E-state index < -0.39 is 10.0 Å². The maximum absolute atomic E-state index is 11.9. The lowest BCUT2D eigenvalue weighted by atomic mass is 10.1. The van der Waals surface area contributed by atoms with E-state index >= 15 is 0 Å². The van der Waals surface area contributed by atoms with Crippen molar-refractivity contribution in [1.29, 1.82) is 0 Å². The number of ether oxygens (including phenoxy) is 1. The minimum Gasteiger partial charge on any atom is -0.488 e. The Morgan fingerprint density at radius 2 is 1.84 bits per heavy atom. The largest absolute Gasteiger partial charge is 0.488 e. The molecular formula is C21H28IN5O4S. The van der Waals surface area contributed by atoms with Gasteiger partial charge in [0.05, 0.1) is 24.5 Å². The lowest BCUT2D eigenvalue weighted by molar-refractivity contribution is -0.127. The second-order valence-corrected chi connectivity index (χ2v) is 8.99. The number of rotatable bonds is 7. The van der Waals surface area contributed by atoms with Gasteiger partial charge in [0.25, 0.3) is 0 Å². The number of nitrogens with zero attached hydrogens (tertiary/aromatic N) is 2. The number of halogens is 1. The molecule has 1 amide bonds. The lowest BCUT2D eigenvalue weighted by Gasteiger charge is -2.17. The molecule has 0 saturated heterocycles.